The van der Waals surface area contributed by atoms with E-state index in [4.69, 9.17) is 5.73 Å². The Hall–Kier alpha value is -1.88. The predicted octanol–water partition coefficient (Wildman–Crippen LogP) is 1.05. The van der Waals surface area contributed by atoms with Crippen molar-refractivity contribution in [3.63, 3.8) is 0 Å². The number of anilines is 2. The maximum Gasteiger partial charge on any atom is 0.135 e. The minimum Gasteiger partial charge on any atom is -0.348 e. The Labute approximate surface area is 87.8 Å². The highest BCUT2D eigenvalue weighted by Crippen LogP contribution is 2.10. The van der Waals surface area contributed by atoms with Crippen molar-refractivity contribution in [1.29, 1.82) is 0 Å². The Morgan fingerprint density at radius 3 is 3.07 bits per heavy atom. The third-order valence-electron chi connectivity index (χ3n) is 1.93. The summed E-state index contributed by atoms with van der Waals surface area (Å²) in [4.78, 5) is 11.5. The fourth-order valence-electron chi connectivity index (χ4n) is 1.26. The largest absolute Gasteiger partial charge is 0.348 e. The van der Waals surface area contributed by atoms with Gasteiger partial charge in [-0.25, -0.2) is 9.97 Å². The molecule has 0 atom stereocenters. The zero-order valence-corrected chi connectivity index (χ0v) is 8.27. The van der Waals surface area contributed by atoms with Gasteiger partial charge in [0.2, 0.25) is 0 Å². The number of nitrogens with two attached hydrogens (primary N) is 1. The van der Waals surface area contributed by atoms with Crippen molar-refractivity contribution in [2.75, 3.05) is 11.9 Å². The predicted molar refractivity (Wildman–Crippen MR) is 58.9 cm³/mol. The van der Waals surface area contributed by atoms with Crippen LogP contribution in [0.5, 0.6) is 0 Å². The van der Waals surface area contributed by atoms with Crippen LogP contribution in [-0.2, 0) is 6.42 Å². The summed E-state index contributed by atoms with van der Waals surface area (Å²) < 4.78 is 0. The molecular weight excluding hydrogens is 190 g/mol. The molecule has 2 aromatic rings. The van der Waals surface area contributed by atoms with E-state index in [2.05, 4.69) is 20.3 Å². The first-order valence-electron chi connectivity index (χ1n) is 4.81. The summed E-state index contributed by atoms with van der Waals surface area (Å²) >= 11 is 0. The molecule has 0 radical (unpaired) electrons. The van der Waals surface area contributed by atoms with E-state index < -0.39 is 0 Å². The molecule has 0 fully saturated rings. The van der Waals surface area contributed by atoms with Crippen LogP contribution < -0.4 is 11.1 Å². The van der Waals surface area contributed by atoms with Crippen molar-refractivity contribution in [2.45, 2.75) is 6.42 Å². The number of aromatic nitrogens is 3. The molecule has 0 saturated heterocycles. The number of aromatic amines is 1. The van der Waals surface area contributed by atoms with Gasteiger partial charge in [-0.1, -0.05) is 0 Å². The fourth-order valence-corrected chi connectivity index (χ4v) is 1.26. The summed E-state index contributed by atoms with van der Waals surface area (Å²) in [5.41, 5.74) is 5.44. The molecule has 0 amide bonds. The Balaban J connectivity index is 2.11. The van der Waals surface area contributed by atoms with Crippen molar-refractivity contribution in [2.24, 2.45) is 5.73 Å². The van der Waals surface area contributed by atoms with Crippen molar-refractivity contribution in [3.05, 3.63) is 36.4 Å². The number of nitrogens with zero attached hydrogens (tertiary/aromatic N) is 2. The highest BCUT2D eigenvalue weighted by molar-refractivity contribution is 5.50. The van der Waals surface area contributed by atoms with Crippen LogP contribution in [0.1, 0.15) is 5.82 Å². The van der Waals surface area contributed by atoms with Crippen LogP contribution in [0.15, 0.2) is 30.6 Å². The second kappa shape index (κ2) is 4.56. The van der Waals surface area contributed by atoms with Gasteiger partial charge >= 0.3 is 0 Å². The van der Waals surface area contributed by atoms with Crippen molar-refractivity contribution in [3.8, 4) is 0 Å². The average molecular weight is 203 g/mol. The number of hydrogen-bond acceptors (Lipinski definition) is 4. The van der Waals surface area contributed by atoms with Gasteiger partial charge in [0.1, 0.15) is 17.5 Å². The van der Waals surface area contributed by atoms with Gasteiger partial charge in [0.15, 0.2) is 0 Å². The molecule has 0 unspecified atom stereocenters. The van der Waals surface area contributed by atoms with E-state index in [1.807, 2.05) is 24.4 Å². The molecule has 2 heterocycles. The maximum atomic E-state index is 5.44. The molecule has 0 aliphatic rings. The minimum atomic E-state index is 0.561. The lowest BCUT2D eigenvalue weighted by Crippen LogP contribution is -2.07. The minimum absolute atomic E-state index is 0.561. The Morgan fingerprint density at radius 2 is 2.33 bits per heavy atom. The van der Waals surface area contributed by atoms with Crippen LogP contribution in [0.2, 0.25) is 0 Å². The standard InChI is InChI=1S/C10H13N5/c11-5-3-9-13-7-4-10(15-9)14-8-2-1-6-12-8/h1-2,4,6-7,12H,3,5,11H2,(H,13,14,15). The molecule has 0 aliphatic heterocycles. The molecule has 5 nitrogen and oxygen atoms in total. The molecule has 0 bridgehead atoms. The van der Waals surface area contributed by atoms with Crippen LogP contribution in [0.25, 0.3) is 0 Å². The zero-order chi connectivity index (χ0) is 10.5. The molecular formula is C10H13N5. The quantitative estimate of drug-likeness (QED) is 0.694. The van der Waals surface area contributed by atoms with Gasteiger partial charge in [0.25, 0.3) is 0 Å². The van der Waals surface area contributed by atoms with Gasteiger partial charge in [0.05, 0.1) is 0 Å². The number of nitrogens with one attached hydrogen (secondary N) is 2. The van der Waals surface area contributed by atoms with E-state index in [-0.39, 0.29) is 0 Å². The lowest BCUT2D eigenvalue weighted by Gasteiger charge is -2.04. The second-order valence-corrected chi connectivity index (χ2v) is 3.11. The van der Waals surface area contributed by atoms with Gasteiger partial charge in [-0.15, -0.1) is 0 Å². The van der Waals surface area contributed by atoms with Crippen LogP contribution in [0.4, 0.5) is 11.6 Å². The van der Waals surface area contributed by atoms with Crippen LogP contribution in [0, 0.1) is 0 Å². The molecule has 0 saturated carbocycles. The van der Waals surface area contributed by atoms with E-state index in [1.165, 1.54) is 0 Å². The summed E-state index contributed by atoms with van der Waals surface area (Å²) in [6, 6.07) is 5.68. The lowest BCUT2D eigenvalue weighted by atomic mass is 10.4. The first kappa shape index (κ1) is 9.67. The van der Waals surface area contributed by atoms with Gasteiger partial charge < -0.3 is 16.0 Å². The Kier molecular flexibility index (Phi) is 2.94. The lowest BCUT2D eigenvalue weighted by molar-refractivity contribution is 0.869. The van der Waals surface area contributed by atoms with Crippen molar-refractivity contribution in [1.82, 2.24) is 15.0 Å². The molecule has 78 valence electrons. The summed E-state index contributed by atoms with van der Waals surface area (Å²) in [6.45, 7) is 0.561. The van der Waals surface area contributed by atoms with Gasteiger partial charge in [-0.05, 0) is 24.7 Å². The number of rotatable bonds is 4. The summed E-state index contributed by atoms with van der Waals surface area (Å²) in [6.07, 6.45) is 4.27. The smallest absolute Gasteiger partial charge is 0.135 e. The van der Waals surface area contributed by atoms with E-state index in [9.17, 15) is 0 Å². The SMILES string of the molecule is NCCc1nccc(Nc2ccc[nH]2)n1. The van der Waals surface area contributed by atoms with Crippen LogP contribution in [-0.4, -0.2) is 21.5 Å². The van der Waals surface area contributed by atoms with Crippen molar-refractivity contribution >= 4 is 11.6 Å². The van der Waals surface area contributed by atoms with E-state index in [0.29, 0.717) is 13.0 Å². The Morgan fingerprint density at radius 1 is 1.40 bits per heavy atom. The third kappa shape index (κ3) is 2.54. The number of H-pyrrole nitrogens is 1. The van der Waals surface area contributed by atoms with Gasteiger partial charge in [-0.2, -0.15) is 0 Å². The summed E-state index contributed by atoms with van der Waals surface area (Å²) in [5, 5.41) is 3.14. The Bertz CT molecular complexity index is 410. The molecule has 0 spiro atoms. The van der Waals surface area contributed by atoms with E-state index >= 15 is 0 Å². The van der Waals surface area contributed by atoms with E-state index in [0.717, 1.165) is 17.5 Å². The molecule has 0 aliphatic carbocycles. The van der Waals surface area contributed by atoms with Crippen LogP contribution in [0.3, 0.4) is 0 Å². The van der Waals surface area contributed by atoms with Gasteiger partial charge in [-0.3, -0.25) is 0 Å². The maximum absolute atomic E-state index is 5.44. The molecule has 2 rings (SSSR count). The molecule has 0 aromatic carbocycles. The molecule has 4 N–H and O–H groups in total. The topological polar surface area (TPSA) is 79.6 Å². The number of hydrogen-bond donors (Lipinski definition) is 3. The molecule has 2 aromatic heterocycles. The summed E-state index contributed by atoms with van der Waals surface area (Å²) in [5.74, 6) is 2.44. The average Bonchev–Trinajstić information content (AvgIpc) is 2.71. The first-order valence-corrected chi connectivity index (χ1v) is 4.81. The van der Waals surface area contributed by atoms with Crippen LogP contribution >= 0.6 is 0 Å². The van der Waals surface area contributed by atoms with Gasteiger partial charge in [0, 0.05) is 18.8 Å². The fraction of sp³-hybridized carbons (Fsp3) is 0.200. The normalized spacial score (nSPS) is 10.2. The second-order valence-electron chi connectivity index (χ2n) is 3.11. The van der Waals surface area contributed by atoms with E-state index in [1.54, 1.807) is 6.20 Å². The zero-order valence-electron chi connectivity index (χ0n) is 8.27. The highest BCUT2D eigenvalue weighted by Gasteiger charge is 1.99. The van der Waals surface area contributed by atoms with Crippen molar-refractivity contribution < 1.29 is 0 Å². The molecule has 5 heteroatoms. The first-order chi connectivity index (χ1) is 7.38. The highest BCUT2D eigenvalue weighted by atomic mass is 15.1. The monoisotopic (exact) mass is 203 g/mol. The molecule has 15 heavy (non-hydrogen) atoms. The summed E-state index contributed by atoms with van der Waals surface area (Å²) in [7, 11) is 0. The third-order valence-corrected chi connectivity index (χ3v) is 1.93.